The third-order valence-electron chi connectivity index (χ3n) is 1.65. The molecule has 13 heavy (non-hydrogen) atoms. The van der Waals surface area contributed by atoms with Crippen molar-refractivity contribution in [1.29, 1.82) is 0 Å². The van der Waals surface area contributed by atoms with E-state index in [0.717, 1.165) is 12.2 Å². The predicted octanol–water partition coefficient (Wildman–Crippen LogP) is 1.49. The molecule has 0 aromatic heterocycles. The molecule has 0 aliphatic heterocycles. The van der Waals surface area contributed by atoms with E-state index < -0.39 is 24.0 Å². The summed E-state index contributed by atoms with van der Waals surface area (Å²) < 4.78 is 36.5. The molecule has 6 heteroatoms. The predicted molar refractivity (Wildman–Crippen MR) is 43.2 cm³/mol. The van der Waals surface area contributed by atoms with Crippen LogP contribution >= 0.6 is 15.9 Å². The molecule has 1 aliphatic carbocycles. The Balaban J connectivity index is 3.01. The monoisotopic (exact) mass is 258 g/mol. The van der Waals surface area contributed by atoms with Crippen molar-refractivity contribution in [1.82, 2.24) is 0 Å². The highest BCUT2D eigenvalue weighted by Crippen LogP contribution is 2.34. The highest BCUT2D eigenvalue weighted by Gasteiger charge is 2.42. The van der Waals surface area contributed by atoms with E-state index in [2.05, 4.69) is 15.9 Å². The van der Waals surface area contributed by atoms with Gasteiger partial charge in [-0.25, -0.2) is 0 Å². The fraction of sp³-hybridized carbons (Fsp3) is 0.429. The lowest BCUT2D eigenvalue weighted by Crippen LogP contribution is -2.36. The second kappa shape index (κ2) is 3.43. The fourth-order valence-electron chi connectivity index (χ4n) is 0.950. The zero-order valence-electron chi connectivity index (χ0n) is 6.22. The normalized spacial score (nSPS) is 29.7. The van der Waals surface area contributed by atoms with E-state index >= 15 is 0 Å². The van der Waals surface area contributed by atoms with Gasteiger partial charge in [-0.3, -0.25) is 0 Å². The van der Waals surface area contributed by atoms with Gasteiger partial charge in [-0.05, 0) is 6.08 Å². The Kier molecular flexibility index (Phi) is 2.84. The number of aliphatic hydroxyl groups is 2. The lowest BCUT2D eigenvalue weighted by atomic mass is 9.99. The first-order chi connectivity index (χ1) is 5.84. The standard InChI is InChI=1S/C7H6BrF3O2/c8-4-2-1-3(7(9,10)11)5(12)6(4)13/h1-2,5-6,12-13H/t5-,6+/m1/s1. The lowest BCUT2D eigenvalue weighted by Gasteiger charge is -2.25. The van der Waals surface area contributed by atoms with Crippen LogP contribution in [0.5, 0.6) is 0 Å². The van der Waals surface area contributed by atoms with Gasteiger partial charge in [0, 0.05) is 4.48 Å². The molecular formula is C7H6BrF3O2. The van der Waals surface area contributed by atoms with Crippen LogP contribution < -0.4 is 0 Å². The molecule has 2 atom stereocenters. The van der Waals surface area contributed by atoms with Crippen LogP contribution in [0, 0.1) is 0 Å². The quantitative estimate of drug-likeness (QED) is 0.691. The van der Waals surface area contributed by atoms with E-state index in [1.165, 1.54) is 0 Å². The first-order valence-corrected chi connectivity index (χ1v) is 4.14. The highest BCUT2D eigenvalue weighted by molar-refractivity contribution is 9.11. The second-order valence-electron chi connectivity index (χ2n) is 2.56. The van der Waals surface area contributed by atoms with Crippen LogP contribution in [-0.2, 0) is 0 Å². The molecular weight excluding hydrogens is 253 g/mol. The minimum Gasteiger partial charge on any atom is -0.385 e. The lowest BCUT2D eigenvalue weighted by molar-refractivity contribution is -0.113. The van der Waals surface area contributed by atoms with E-state index in [1.807, 2.05) is 0 Å². The van der Waals surface area contributed by atoms with Gasteiger partial charge in [0.05, 0.1) is 5.57 Å². The van der Waals surface area contributed by atoms with Crippen LogP contribution in [0.1, 0.15) is 0 Å². The van der Waals surface area contributed by atoms with Crippen LogP contribution in [0.25, 0.3) is 0 Å². The van der Waals surface area contributed by atoms with Crippen LogP contribution in [0.4, 0.5) is 13.2 Å². The molecule has 0 bridgehead atoms. The summed E-state index contributed by atoms with van der Waals surface area (Å²) >= 11 is 2.83. The van der Waals surface area contributed by atoms with Crippen molar-refractivity contribution in [3.63, 3.8) is 0 Å². The minimum atomic E-state index is -4.61. The molecule has 0 fully saturated rings. The molecule has 1 aliphatic rings. The van der Waals surface area contributed by atoms with Crippen LogP contribution in [-0.4, -0.2) is 28.6 Å². The molecule has 0 amide bonds. The minimum absolute atomic E-state index is 0.132. The zero-order chi connectivity index (χ0) is 10.2. The molecule has 0 radical (unpaired) electrons. The molecule has 0 aromatic rings. The second-order valence-corrected chi connectivity index (χ2v) is 3.48. The van der Waals surface area contributed by atoms with Gasteiger partial charge in [0.2, 0.25) is 0 Å². The van der Waals surface area contributed by atoms with E-state index in [4.69, 9.17) is 10.2 Å². The van der Waals surface area contributed by atoms with Gasteiger partial charge in [0.1, 0.15) is 12.2 Å². The molecule has 74 valence electrons. The maximum absolute atomic E-state index is 12.1. The summed E-state index contributed by atoms with van der Waals surface area (Å²) in [5.41, 5.74) is -1.14. The Morgan fingerprint density at radius 1 is 1.15 bits per heavy atom. The summed E-state index contributed by atoms with van der Waals surface area (Å²) in [6.45, 7) is 0. The first-order valence-electron chi connectivity index (χ1n) is 3.34. The van der Waals surface area contributed by atoms with E-state index in [9.17, 15) is 13.2 Å². The first kappa shape index (κ1) is 10.7. The summed E-state index contributed by atoms with van der Waals surface area (Å²) in [6, 6.07) is 0. The molecule has 2 N–H and O–H groups in total. The largest absolute Gasteiger partial charge is 0.415 e. The van der Waals surface area contributed by atoms with Crippen molar-refractivity contribution in [3.8, 4) is 0 Å². The van der Waals surface area contributed by atoms with Crippen molar-refractivity contribution >= 4 is 15.9 Å². The average molecular weight is 259 g/mol. The van der Waals surface area contributed by atoms with Crippen molar-refractivity contribution in [2.45, 2.75) is 18.4 Å². The van der Waals surface area contributed by atoms with Gasteiger partial charge in [-0.1, -0.05) is 22.0 Å². The maximum atomic E-state index is 12.1. The Morgan fingerprint density at radius 3 is 2.15 bits per heavy atom. The van der Waals surface area contributed by atoms with Crippen LogP contribution in [0.15, 0.2) is 22.2 Å². The number of aliphatic hydroxyl groups excluding tert-OH is 2. The Hall–Kier alpha value is -0.330. The van der Waals surface area contributed by atoms with E-state index in [-0.39, 0.29) is 4.48 Å². The number of hydrogen-bond donors (Lipinski definition) is 2. The number of halogens is 4. The Bertz CT molecular complexity index is 269. The molecule has 0 saturated carbocycles. The van der Waals surface area contributed by atoms with Gasteiger partial charge in [-0.15, -0.1) is 0 Å². The summed E-state index contributed by atoms with van der Waals surface area (Å²) in [4.78, 5) is 0. The maximum Gasteiger partial charge on any atom is 0.415 e. The number of hydrogen-bond acceptors (Lipinski definition) is 2. The van der Waals surface area contributed by atoms with Gasteiger partial charge in [0.25, 0.3) is 0 Å². The van der Waals surface area contributed by atoms with Crippen molar-refractivity contribution in [3.05, 3.63) is 22.2 Å². The highest BCUT2D eigenvalue weighted by atomic mass is 79.9. The average Bonchev–Trinajstić information content (AvgIpc) is 1.98. The smallest absolute Gasteiger partial charge is 0.385 e. The molecule has 0 unspecified atom stereocenters. The molecule has 1 rings (SSSR count). The van der Waals surface area contributed by atoms with Crippen molar-refractivity contribution in [2.75, 3.05) is 0 Å². The van der Waals surface area contributed by atoms with E-state index in [1.54, 1.807) is 0 Å². The molecule has 0 saturated heterocycles. The topological polar surface area (TPSA) is 40.5 Å². The van der Waals surface area contributed by atoms with Crippen molar-refractivity contribution < 1.29 is 23.4 Å². The summed E-state index contributed by atoms with van der Waals surface area (Å²) in [5.74, 6) is 0. The molecule has 0 spiro atoms. The summed E-state index contributed by atoms with van der Waals surface area (Å²) in [7, 11) is 0. The van der Waals surface area contributed by atoms with Gasteiger partial charge in [-0.2, -0.15) is 13.2 Å². The third-order valence-corrected chi connectivity index (χ3v) is 2.38. The Morgan fingerprint density at radius 2 is 1.69 bits per heavy atom. The molecule has 0 aromatic carbocycles. The Labute approximate surface area is 80.5 Å². The van der Waals surface area contributed by atoms with Crippen LogP contribution in [0.2, 0.25) is 0 Å². The SMILES string of the molecule is O[C@@H]1C(C(F)(F)F)=CC=C(Br)[C@@H]1O. The molecule has 2 nitrogen and oxygen atoms in total. The van der Waals surface area contributed by atoms with Gasteiger partial charge < -0.3 is 10.2 Å². The van der Waals surface area contributed by atoms with Crippen molar-refractivity contribution in [2.24, 2.45) is 0 Å². The summed E-state index contributed by atoms with van der Waals surface area (Å²) in [5, 5.41) is 18.1. The zero-order valence-corrected chi connectivity index (χ0v) is 7.80. The van der Waals surface area contributed by atoms with E-state index in [0.29, 0.717) is 0 Å². The summed E-state index contributed by atoms with van der Waals surface area (Å²) in [6.07, 6.45) is -6.26. The van der Waals surface area contributed by atoms with Crippen LogP contribution in [0.3, 0.4) is 0 Å². The van der Waals surface area contributed by atoms with Gasteiger partial charge in [0.15, 0.2) is 0 Å². The molecule has 0 heterocycles. The number of alkyl halides is 3. The third kappa shape index (κ3) is 2.12. The fourth-order valence-corrected chi connectivity index (χ4v) is 1.33. The number of allylic oxidation sites excluding steroid dienone is 2. The number of rotatable bonds is 0. The van der Waals surface area contributed by atoms with Gasteiger partial charge >= 0.3 is 6.18 Å².